The van der Waals surface area contributed by atoms with Gasteiger partial charge in [-0.25, -0.2) is 0 Å². The molecule has 0 heterocycles. The molecule has 0 aliphatic rings. The molecule has 23 heavy (non-hydrogen) atoms. The molecular weight excluding hydrogens is 337 g/mol. The molecule has 0 aliphatic carbocycles. The van der Waals surface area contributed by atoms with Crippen molar-refractivity contribution in [1.82, 2.24) is 0 Å². The van der Waals surface area contributed by atoms with Crippen molar-refractivity contribution in [2.24, 2.45) is 0 Å². The summed E-state index contributed by atoms with van der Waals surface area (Å²) in [6.45, 7) is 0. The lowest BCUT2D eigenvalue weighted by Crippen LogP contribution is -2.09. The molecule has 2 aromatic carbocycles. The van der Waals surface area contributed by atoms with E-state index < -0.39 is 0 Å². The number of hydrogen-bond donors (Lipinski definition) is 1. The molecule has 2 aromatic rings. The minimum absolute atomic E-state index is 0.306. The Labute approximate surface area is 144 Å². The average molecular weight is 352 g/mol. The Balaban J connectivity index is 2.13. The number of halogens is 2. The van der Waals surface area contributed by atoms with Crippen LogP contribution in [0, 0.1) is 0 Å². The Hall–Kier alpha value is -2.17. The summed E-state index contributed by atoms with van der Waals surface area (Å²) in [6.07, 6.45) is 3.10. The van der Waals surface area contributed by atoms with Crippen molar-refractivity contribution in [3.05, 3.63) is 58.1 Å². The zero-order valence-corrected chi connectivity index (χ0v) is 14.1. The van der Waals surface area contributed by atoms with Crippen LogP contribution in [-0.2, 0) is 4.79 Å². The summed E-state index contributed by atoms with van der Waals surface area (Å²) >= 11 is 11.9. The molecular formula is C17H15Cl2NO3. The van der Waals surface area contributed by atoms with Gasteiger partial charge in [-0.1, -0.05) is 35.3 Å². The van der Waals surface area contributed by atoms with Crippen molar-refractivity contribution >= 4 is 40.9 Å². The first-order chi connectivity index (χ1) is 11.0. The maximum absolute atomic E-state index is 12.0. The number of ether oxygens (including phenoxy) is 2. The molecule has 2 rings (SSSR count). The molecule has 0 atom stereocenters. The van der Waals surface area contributed by atoms with Crippen LogP contribution in [-0.4, -0.2) is 20.1 Å². The Bertz CT molecular complexity index is 727. The highest BCUT2D eigenvalue weighted by molar-refractivity contribution is 6.32. The van der Waals surface area contributed by atoms with E-state index in [1.807, 2.05) is 12.1 Å². The van der Waals surface area contributed by atoms with E-state index in [4.69, 9.17) is 32.7 Å². The highest BCUT2D eigenvalue weighted by atomic mass is 35.5. The second kappa shape index (κ2) is 7.90. The molecule has 0 aromatic heterocycles. The van der Waals surface area contributed by atoms with Crippen LogP contribution in [0.15, 0.2) is 42.5 Å². The minimum Gasteiger partial charge on any atom is -0.495 e. The van der Waals surface area contributed by atoms with Gasteiger partial charge in [0.15, 0.2) is 0 Å². The van der Waals surface area contributed by atoms with Gasteiger partial charge in [0.25, 0.3) is 0 Å². The molecule has 1 amide bonds. The first-order valence-corrected chi connectivity index (χ1v) is 7.45. The number of rotatable bonds is 5. The Morgan fingerprint density at radius 3 is 2.30 bits per heavy atom. The Morgan fingerprint density at radius 2 is 1.70 bits per heavy atom. The maximum atomic E-state index is 12.0. The molecule has 0 spiro atoms. The number of methoxy groups -OCH3 is 2. The van der Waals surface area contributed by atoms with Gasteiger partial charge in [0.1, 0.15) is 11.5 Å². The molecule has 0 saturated heterocycles. The molecule has 0 aliphatic heterocycles. The van der Waals surface area contributed by atoms with Crippen LogP contribution in [0.25, 0.3) is 6.08 Å². The molecule has 120 valence electrons. The van der Waals surface area contributed by atoms with Gasteiger partial charge in [0, 0.05) is 17.2 Å². The molecule has 1 N–H and O–H groups in total. The van der Waals surface area contributed by atoms with E-state index in [1.54, 1.807) is 30.3 Å². The van der Waals surface area contributed by atoms with E-state index in [-0.39, 0.29) is 5.91 Å². The molecule has 0 radical (unpaired) electrons. The molecule has 0 bridgehead atoms. The lowest BCUT2D eigenvalue weighted by molar-refractivity contribution is -0.111. The van der Waals surface area contributed by atoms with Crippen molar-refractivity contribution in [1.29, 1.82) is 0 Å². The molecule has 6 heteroatoms. The van der Waals surface area contributed by atoms with Crippen molar-refractivity contribution in [2.45, 2.75) is 0 Å². The first kappa shape index (κ1) is 17.2. The third-order valence-electron chi connectivity index (χ3n) is 3.03. The zero-order valence-electron chi connectivity index (χ0n) is 12.6. The van der Waals surface area contributed by atoms with Gasteiger partial charge in [-0.3, -0.25) is 4.79 Å². The number of benzene rings is 2. The van der Waals surface area contributed by atoms with Gasteiger partial charge in [-0.05, 0) is 29.8 Å². The number of carbonyl (C=O) groups is 1. The third kappa shape index (κ3) is 4.65. The standard InChI is InChI=1S/C17H15Cl2NO3/c1-22-15-10-16(23-2)14(9-13(15)19)20-17(21)8-5-11-3-6-12(18)7-4-11/h3-10H,1-2H3,(H,20,21)/b8-5+. The van der Waals surface area contributed by atoms with Crippen LogP contribution in [0.4, 0.5) is 5.69 Å². The predicted molar refractivity (Wildman–Crippen MR) is 93.7 cm³/mol. The fourth-order valence-electron chi connectivity index (χ4n) is 1.88. The third-order valence-corrected chi connectivity index (χ3v) is 3.58. The fourth-order valence-corrected chi connectivity index (χ4v) is 2.24. The lowest BCUT2D eigenvalue weighted by Gasteiger charge is -2.12. The summed E-state index contributed by atoms with van der Waals surface area (Å²) in [4.78, 5) is 12.0. The van der Waals surface area contributed by atoms with Gasteiger partial charge < -0.3 is 14.8 Å². The van der Waals surface area contributed by atoms with E-state index in [0.29, 0.717) is 27.2 Å². The van der Waals surface area contributed by atoms with Gasteiger partial charge in [-0.15, -0.1) is 0 Å². The van der Waals surface area contributed by atoms with Crippen LogP contribution in [0.3, 0.4) is 0 Å². The van der Waals surface area contributed by atoms with Gasteiger partial charge in [-0.2, -0.15) is 0 Å². The highest BCUT2D eigenvalue weighted by Gasteiger charge is 2.11. The lowest BCUT2D eigenvalue weighted by atomic mass is 10.2. The van der Waals surface area contributed by atoms with E-state index >= 15 is 0 Å². The minimum atomic E-state index is -0.306. The predicted octanol–water partition coefficient (Wildman–Crippen LogP) is 4.66. The largest absolute Gasteiger partial charge is 0.495 e. The smallest absolute Gasteiger partial charge is 0.248 e. The van der Waals surface area contributed by atoms with E-state index in [1.165, 1.54) is 20.3 Å². The second-order valence-electron chi connectivity index (χ2n) is 4.56. The average Bonchev–Trinajstić information content (AvgIpc) is 2.54. The molecule has 0 unspecified atom stereocenters. The topological polar surface area (TPSA) is 47.6 Å². The number of amides is 1. The summed E-state index contributed by atoms with van der Waals surface area (Å²) < 4.78 is 10.3. The van der Waals surface area contributed by atoms with Crippen molar-refractivity contribution < 1.29 is 14.3 Å². The van der Waals surface area contributed by atoms with E-state index in [0.717, 1.165) is 5.56 Å². The molecule has 0 saturated carbocycles. The summed E-state index contributed by atoms with van der Waals surface area (Å²) in [7, 11) is 3.01. The molecule has 0 fully saturated rings. The highest BCUT2D eigenvalue weighted by Crippen LogP contribution is 2.35. The van der Waals surface area contributed by atoms with E-state index in [9.17, 15) is 4.79 Å². The van der Waals surface area contributed by atoms with Gasteiger partial charge >= 0.3 is 0 Å². The number of nitrogens with one attached hydrogen (secondary N) is 1. The Kier molecular flexibility index (Phi) is 5.90. The van der Waals surface area contributed by atoms with Crippen molar-refractivity contribution in [3.63, 3.8) is 0 Å². The zero-order chi connectivity index (χ0) is 16.8. The summed E-state index contributed by atoms with van der Waals surface area (Å²) in [5, 5.41) is 3.74. The van der Waals surface area contributed by atoms with Crippen LogP contribution < -0.4 is 14.8 Å². The summed E-state index contributed by atoms with van der Waals surface area (Å²) in [6, 6.07) is 10.3. The fraction of sp³-hybridized carbons (Fsp3) is 0.118. The van der Waals surface area contributed by atoms with Crippen LogP contribution in [0.5, 0.6) is 11.5 Å². The normalized spacial score (nSPS) is 10.6. The Morgan fingerprint density at radius 1 is 1.04 bits per heavy atom. The maximum Gasteiger partial charge on any atom is 0.248 e. The molecule has 4 nitrogen and oxygen atoms in total. The van der Waals surface area contributed by atoms with Crippen molar-refractivity contribution in [2.75, 3.05) is 19.5 Å². The summed E-state index contributed by atoms with van der Waals surface area (Å²) in [5.41, 5.74) is 1.33. The van der Waals surface area contributed by atoms with Crippen molar-refractivity contribution in [3.8, 4) is 11.5 Å². The number of hydrogen-bond acceptors (Lipinski definition) is 3. The monoisotopic (exact) mass is 351 g/mol. The SMILES string of the molecule is COc1cc(OC)c(NC(=O)/C=C/c2ccc(Cl)cc2)cc1Cl. The number of anilines is 1. The number of carbonyl (C=O) groups excluding carboxylic acids is 1. The quantitative estimate of drug-likeness (QED) is 0.796. The van der Waals surface area contributed by atoms with Gasteiger partial charge in [0.05, 0.1) is 24.9 Å². The van der Waals surface area contributed by atoms with Crippen LogP contribution in [0.2, 0.25) is 10.0 Å². The second-order valence-corrected chi connectivity index (χ2v) is 5.40. The first-order valence-electron chi connectivity index (χ1n) is 6.69. The van der Waals surface area contributed by atoms with Crippen LogP contribution in [0.1, 0.15) is 5.56 Å². The van der Waals surface area contributed by atoms with E-state index in [2.05, 4.69) is 5.32 Å². The van der Waals surface area contributed by atoms with Gasteiger partial charge in [0.2, 0.25) is 5.91 Å². The summed E-state index contributed by atoms with van der Waals surface area (Å²) in [5.74, 6) is 0.622. The van der Waals surface area contributed by atoms with Crippen LogP contribution >= 0.6 is 23.2 Å².